The van der Waals surface area contributed by atoms with E-state index in [0.717, 1.165) is 22.5 Å². The molecule has 0 atom stereocenters. The minimum atomic E-state index is 1.02. The van der Waals surface area contributed by atoms with Crippen LogP contribution >= 0.6 is 0 Å². The molecule has 2 nitrogen and oxygen atoms in total. The molecule has 1 heterocycles. The van der Waals surface area contributed by atoms with Gasteiger partial charge in [-0.05, 0) is 31.2 Å². The lowest BCUT2D eigenvalue weighted by molar-refractivity contribution is 1.00. The molecule has 0 unspecified atom stereocenters. The van der Waals surface area contributed by atoms with Crippen LogP contribution < -0.4 is 0 Å². The second-order valence-electron chi connectivity index (χ2n) is 3.82. The summed E-state index contributed by atoms with van der Waals surface area (Å²) in [7, 11) is 0. The molecule has 18 heavy (non-hydrogen) atoms. The Morgan fingerprint density at radius 1 is 0.833 bits per heavy atom. The Hall–Kier alpha value is -2.09. The van der Waals surface area contributed by atoms with Gasteiger partial charge in [0, 0.05) is 5.69 Å². The number of imidazole rings is 1. The van der Waals surface area contributed by atoms with E-state index in [1.165, 1.54) is 0 Å². The lowest BCUT2D eigenvalue weighted by Crippen LogP contribution is -1.95. The van der Waals surface area contributed by atoms with Crippen LogP contribution in [-0.2, 0) is 0 Å². The summed E-state index contributed by atoms with van der Waals surface area (Å²) in [6, 6.07) is 18.5. The van der Waals surface area contributed by atoms with Crippen LogP contribution in [0.15, 0.2) is 54.6 Å². The molecule has 0 aliphatic carbocycles. The Kier molecular flexibility index (Phi) is 3.78. The predicted octanol–water partition coefficient (Wildman–Crippen LogP) is 4.36. The third-order valence-corrected chi connectivity index (χ3v) is 2.74. The van der Waals surface area contributed by atoms with E-state index in [0.29, 0.717) is 0 Å². The van der Waals surface area contributed by atoms with Crippen LogP contribution in [0.3, 0.4) is 0 Å². The number of benzene rings is 2. The first-order chi connectivity index (χ1) is 8.86. The molecule has 0 saturated carbocycles. The number of aryl methyl sites for hydroxylation is 1. The van der Waals surface area contributed by atoms with Gasteiger partial charge in [-0.25, -0.2) is 4.98 Å². The van der Waals surface area contributed by atoms with Gasteiger partial charge < -0.3 is 0 Å². The van der Waals surface area contributed by atoms with Crippen molar-refractivity contribution >= 4 is 11.0 Å². The minimum Gasteiger partial charge on any atom is -0.297 e. The molecule has 0 saturated heterocycles. The zero-order valence-electron chi connectivity index (χ0n) is 11.1. The number of hydrogen-bond acceptors (Lipinski definition) is 1. The van der Waals surface area contributed by atoms with E-state index in [-0.39, 0.29) is 0 Å². The number of hydrogen-bond donors (Lipinski definition) is 0. The summed E-state index contributed by atoms with van der Waals surface area (Å²) in [5, 5.41) is 0. The van der Waals surface area contributed by atoms with Gasteiger partial charge in [0.05, 0.1) is 11.0 Å². The molecule has 2 aromatic carbocycles. The molecule has 3 rings (SSSR count). The molecular formula is C16H18N2. The summed E-state index contributed by atoms with van der Waals surface area (Å²) in [6.45, 7) is 6.03. The number of fused-ring (bicyclic) bond motifs is 1. The van der Waals surface area contributed by atoms with Gasteiger partial charge in [0.1, 0.15) is 5.82 Å². The van der Waals surface area contributed by atoms with Gasteiger partial charge >= 0.3 is 0 Å². The highest BCUT2D eigenvalue weighted by Gasteiger charge is 2.07. The monoisotopic (exact) mass is 238 g/mol. The first kappa shape index (κ1) is 12.4. The fourth-order valence-corrected chi connectivity index (χ4v) is 2.05. The van der Waals surface area contributed by atoms with Gasteiger partial charge in [0.15, 0.2) is 0 Å². The molecule has 0 radical (unpaired) electrons. The first-order valence-corrected chi connectivity index (χ1v) is 6.36. The van der Waals surface area contributed by atoms with E-state index in [1.807, 2.05) is 57.2 Å². The summed E-state index contributed by atoms with van der Waals surface area (Å²) in [6.07, 6.45) is 0. The molecule has 0 spiro atoms. The fraction of sp³-hybridized carbons (Fsp3) is 0.188. The quantitative estimate of drug-likeness (QED) is 0.616. The molecule has 0 fully saturated rings. The Morgan fingerprint density at radius 2 is 1.44 bits per heavy atom. The summed E-state index contributed by atoms with van der Waals surface area (Å²) < 4.78 is 2.18. The van der Waals surface area contributed by atoms with Crippen molar-refractivity contribution in [2.75, 3.05) is 0 Å². The largest absolute Gasteiger partial charge is 0.297 e. The highest BCUT2D eigenvalue weighted by Crippen LogP contribution is 2.20. The third-order valence-electron chi connectivity index (χ3n) is 2.74. The van der Waals surface area contributed by atoms with Gasteiger partial charge in [0.25, 0.3) is 0 Å². The van der Waals surface area contributed by atoms with Gasteiger partial charge in [-0.2, -0.15) is 0 Å². The van der Waals surface area contributed by atoms with Crippen LogP contribution in [0.5, 0.6) is 0 Å². The SMILES string of the molecule is CC.Cc1nc2ccccc2n1-c1ccccc1. The van der Waals surface area contributed by atoms with E-state index >= 15 is 0 Å². The zero-order chi connectivity index (χ0) is 13.0. The summed E-state index contributed by atoms with van der Waals surface area (Å²) in [4.78, 5) is 4.55. The zero-order valence-corrected chi connectivity index (χ0v) is 11.1. The molecule has 0 aliphatic rings. The maximum Gasteiger partial charge on any atom is 0.111 e. The minimum absolute atomic E-state index is 1.02. The Morgan fingerprint density at radius 3 is 2.17 bits per heavy atom. The van der Waals surface area contributed by atoms with Crippen LogP contribution in [0.1, 0.15) is 19.7 Å². The lowest BCUT2D eigenvalue weighted by atomic mass is 10.3. The van der Waals surface area contributed by atoms with E-state index in [4.69, 9.17) is 0 Å². The van der Waals surface area contributed by atoms with Crippen molar-refractivity contribution in [3.8, 4) is 5.69 Å². The van der Waals surface area contributed by atoms with Crippen molar-refractivity contribution in [3.05, 3.63) is 60.4 Å². The highest BCUT2D eigenvalue weighted by molar-refractivity contribution is 5.78. The molecule has 0 amide bonds. The van der Waals surface area contributed by atoms with Crippen LogP contribution in [0, 0.1) is 6.92 Å². The van der Waals surface area contributed by atoms with Gasteiger partial charge in [0.2, 0.25) is 0 Å². The second-order valence-corrected chi connectivity index (χ2v) is 3.82. The average Bonchev–Trinajstić information content (AvgIpc) is 2.78. The molecular weight excluding hydrogens is 220 g/mol. The van der Waals surface area contributed by atoms with Gasteiger partial charge in [-0.1, -0.05) is 44.2 Å². The smallest absolute Gasteiger partial charge is 0.111 e. The second kappa shape index (κ2) is 5.50. The predicted molar refractivity (Wildman–Crippen MR) is 77.2 cm³/mol. The van der Waals surface area contributed by atoms with Crippen LogP contribution in [0.4, 0.5) is 0 Å². The van der Waals surface area contributed by atoms with Crippen LogP contribution in [-0.4, -0.2) is 9.55 Å². The van der Waals surface area contributed by atoms with Crippen molar-refractivity contribution in [1.82, 2.24) is 9.55 Å². The summed E-state index contributed by atoms with van der Waals surface area (Å²) >= 11 is 0. The van der Waals surface area contributed by atoms with E-state index in [2.05, 4.69) is 27.8 Å². The number of nitrogens with zero attached hydrogens (tertiary/aromatic N) is 2. The van der Waals surface area contributed by atoms with Crippen molar-refractivity contribution in [2.24, 2.45) is 0 Å². The molecule has 92 valence electrons. The van der Waals surface area contributed by atoms with Gasteiger partial charge in [-0.15, -0.1) is 0 Å². The van der Waals surface area contributed by atoms with Crippen molar-refractivity contribution < 1.29 is 0 Å². The van der Waals surface area contributed by atoms with E-state index < -0.39 is 0 Å². The van der Waals surface area contributed by atoms with Crippen LogP contribution in [0.25, 0.3) is 16.7 Å². The number of aromatic nitrogens is 2. The van der Waals surface area contributed by atoms with Crippen LogP contribution in [0.2, 0.25) is 0 Å². The molecule has 2 heteroatoms. The summed E-state index contributed by atoms with van der Waals surface area (Å²) in [5.74, 6) is 1.02. The number of rotatable bonds is 1. The maximum atomic E-state index is 4.55. The van der Waals surface area contributed by atoms with Crippen molar-refractivity contribution in [1.29, 1.82) is 0 Å². The third kappa shape index (κ3) is 2.14. The lowest BCUT2D eigenvalue weighted by Gasteiger charge is -2.05. The maximum absolute atomic E-state index is 4.55. The fourth-order valence-electron chi connectivity index (χ4n) is 2.05. The van der Waals surface area contributed by atoms with E-state index in [1.54, 1.807) is 0 Å². The molecule has 0 bridgehead atoms. The first-order valence-electron chi connectivity index (χ1n) is 6.36. The number of para-hydroxylation sites is 3. The highest BCUT2D eigenvalue weighted by atomic mass is 15.1. The standard InChI is InChI=1S/C14H12N2.C2H6/c1-11-15-13-9-5-6-10-14(13)16(11)12-7-3-2-4-8-12;1-2/h2-10H,1H3;1-2H3. The Bertz CT molecular complexity index is 624. The Balaban J connectivity index is 0.000000574. The topological polar surface area (TPSA) is 17.8 Å². The summed E-state index contributed by atoms with van der Waals surface area (Å²) in [5.41, 5.74) is 3.36. The Labute approximate surface area is 108 Å². The molecule has 1 aromatic heterocycles. The van der Waals surface area contributed by atoms with Crippen molar-refractivity contribution in [2.45, 2.75) is 20.8 Å². The van der Waals surface area contributed by atoms with Gasteiger partial charge in [-0.3, -0.25) is 4.57 Å². The normalized spacial score (nSPS) is 9.94. The molecule has 0 N–H and O–H groups in total. The van der Waals surface area contributed by atoms with E-state index in [9.17, 15) is 0 Å². The molecule has 0 aliphatic heterocycles. The molecule has 3 aromatic rings. The van der Waals surface area contributed by atoms with Crippen molar-refractivity contribution in [3.63, 3.8) is 0 Å². The average molecular weight is 238 g/mol.